The number of phenolic OH excluding ortho intramolecular Hbond substituents is 1. The number of anilines is 1. The predicted molar refractivity (Wildman–Crippen MR) is 127 cm³/mol. The van der Waals surface area contributed by atoms with Crippen LogP contribution in [0.4, 0.5) is 5.69 Å². The SMILES string of the molecule is CCOc1cc(/C=N\N=C2NC(=O)C[C@H](C(=O)Nc3ccc(OC)cc3OC)S2)ccc1O. The van der Waals surface area contributed by atoms with Gasteiger partial charge in [-0.2, -0.15) is 5.10 Å². The van der Waals surface area contributed by atoms with E-state index in [9.17, 15) is 14.7 Å². The van der Waals surface area contributed by atoms with Gasteiger partial charge < -0.3 is 30.0 Å². The molecule has 2 amide bonds. The van der Waals surface area contributed by atoms with Crippen LogP contribution in [0.3, 0.4) is 0 Å². The average Bonchev–Trinajstić information content (AvgIpc) is 2.81. The normalized spacial score (nSPS) is 17.0. The van der Waals surface area contributed by atoms with E-state index in [1.165, 1.54) is 26.5 Å². The van der Waals surface area contributed by atoms with Crippen LogP contribution in [-0.2, 0) is 9.59 Å². The summed E-state index contributed by atoms with van der Waals surface area (Å²) in [5.74, 6) is 0.679. The van der Waals surface area contributed by atoms with E-state index in [4.69, 9.17) is 14.2 Å². The molecule has 2 aromatic carbocycles. The maximum Gasteiger partial charge on any atom is 0.238 e. The van der Waals surface area contributed by atoms with Gasteiger partial charge in [0, 0.05) is 12.5 Å². The van der Waals surface area contributed by atoms with E-state index >= 15 is 0 Å². The molecule has 0 radical (unpaired) electrons. The highest BCUT2D eigenvalue weighted by Gasteiger charge is 2.30. The van der Waals surface area contributed by atoms with Crippen molar-refractivity contribution in [3.8, 4) is 23.0 Å². The third kappa shape index (κ3) is 6.39. The van der Waals surface area contributed by atoms with E-state index in [0.717, 1.165) is 11.8 Å². The molecule has 1 saturated heterocycles. The van der Waals surface area contributed by atoms with Crippen LogP contribution in [-0.4, -0.2) is 54.4 Å². The molecule has 3 N–H and O–H groups in total. The molecule has 0 saturated carbocycles. The zero-order valence-corrected chi connectivity index (χ0v) is 19.1. The number of carbonyl (C=O) groups is 2. The standard InChI is InChI=1S/C22H24N4O6S/c1-4-32-18-9-13(5-8-16(18)27)12-23-26-22-25-20(28)11-19(33-22)21(29)24-15-7-6-14(30-2)10-17(15)31-3/h5-10,12,19,27H,4,11H2,1-3H3,(H,24,29)(H,25,26,28)/b23-12-/t19-/m1/s1. The van der Waals surface area contributed by atoms with Crippen LogP contribution in [0.2, 0.25) is 0 Å². The summed E-state index contributed by atoms with van der Waals surface area (Å²) in [6, 6.07) is 9.76. The van der Waals surface area contributed by atoms with Gasteiger partial charge in [-0.15, -0.1) is 5.10 Å². The zero-order chi connectivity index (χ0) is 23.8. The summed E-state index contributed by atoms with van der Waals surface area (Å²) in [5.41, 5.74) is 1.11. The fourth-order valence-electron chi connectivity index (χ4n) is 2.88. The Balaban J connectivity index is 1.69. The van der Waals surface area contributed by atoms with Gasteiger partial charge in [-0.1, -0.05) is 11.8 Å². The third-order valence-corrected chi connectivity index (χ3v) is 5.54. The highest BCUT2D eigenvalue weighted by atomic mass is 32.2. The minimum absolute atomic E-state index is 0.00656. The van der Waals surface area contributed by atoms with Gasteiger partial charge in [0.1, 0.15) is 16.7 Å². The molecule has 174 valence electrons. The topological polar surface area (TPSA) is 131 Å². The first-order chi connectivity index (χ1) is 15.9. The quantitative estimate of drug-likeness (QED) is 0.398. The highest BCUT2D eigenvalue weighted by Crippen LogP contribution is 2.31. The number of hydrogen-bond acceptors (Lipinski definition) is 9. The predicted octanol–water partition coefficient (Wildman–Crippen LogP) is 2.76. The van der Waals surface area contributed by atoms with E-state index in [-0.39, 0.29) is 29.2 Å². The molecule has 0 bridgehead atoms. The van der Waals surface area contributed by atoms with Crippen molar-refractivity contribution in [1.82, 2.24) is 5.32 Å². The van der Waals surface area contributed by atoms with Crippen LogP contribution in [0.15, 0.2) is 46.6 Å². The molecule has 0 aromatic heterocycles. The van der Waals surface area contributed by atoms with Crippen LogP contribution in [0.5, 0.6) is 23.0 Å². The van der Waals surface area contributed by atoms with Crippen molar-refractivity contribution < 1.29 is 28.9 Å². The van der Waals surface area contributed by atoms with Crippen LogP contribution in [0.25, 0.3) is 0 Å². The summed E-state index contributed by atoms with van der Waals surface area (Å²) >= 11 is 1.09. The second-order valence-electron chi connectivity index (χ2n) is 6.72. The maximum absolute atomic E-state index is 12.8. The van der Waals surface area contributed by atoms with Crippen LogP contribution >= 0.6 is 11.8 Å². The lowest BCUT2D eigenvalue weighted by atomic mass is 10.2. The van der Waals surface area contributed by atoms with Crippen molar-refractivity contribution in [2.24, 2.45) is 10.2 Å². The van der Waals surface area contributed by atoms with Gasteiger partial charge in [-0.3, -0.25) is 9.59 Å². The Hall–Kier alpha value is -3.73. The molecule has 2 aromatic rings. The Labute approximate surface area is 195 Å². The van der Waals surface area contributed by atoms with Gasteiger partial charge in [-0.25, -0.2) is 0 Å². The third-order valence-electron chi connectivity index (χ3n) is 4.47. The van der Waals surface area contributed by atoms with Gasteiger partial charge >= 0.3 is 0 Å². The molecular formula is C22H24N4O6S. The van der Waals surface area contributed by atoms with Crippen molar-refractivity contribution in [1.29, 1.82) is 0 Å². The highest BCUT2D eigenvalue weighted by molar-refractivity contribution is 8.15. The van der Waals surface area contributed by atoms with E-state index < -0.39 is 5.25 Å². The van der Waals surface area contributed by atoms with Crippen molar-refractivity contribution in [3.63, 3.8) is 0 Å². The lowest BCUT2D eigenvalue weighted by Gasteiger charge is -2.22. The number of amides is 2. The fraction of sp³-hybridized carbons (Fsp3) is 0.273. The summed E-state index contributed by atoms with van der Waals surface area (Å²) in [6.45, 7) is 2.22. The number of nitrogens with one attached hydrogen (secondary N) is 2. The molecule has 1 atom stereocenters. The van der Waals surface area contributed by atoms with Gasteiger partial charge in [0.05, 0.1) is 32.7 Å². The minimum Gasteiger partial charge on any atom is -0.504 e. The molecule has 1 heterocycles. The molecule has 1 aliphatic heterocycles. The number of methoxy groups -OCH3 is 2. The molecule has 0 aliphatic carbocycles. The number of phenols is 1. The number of rotatable bonds is 8. The Morgan fingerprint density at radius 2 is 2.06 bits per heavy atom. The summed E-state index contributed by atoms with van der Waals surface area (Å²) in [6.07, 6.45) is 1.45. The fourth-order valence-corrected chi connectivity index (χ4v) is 3.82. The second-order valence-corrected chi connectivity index (χ2v) is 7.92. The maximum atomic E-state index is 12.8. The number of nitrogens with zero attached hydrogens (tertiary/aromatic N) is 2. The first kappa shape index (κ1) is 23.9. The number of benzene rings is 2. The summed E-state index contributed by atoms with van der Waals surface area (Å²) in [7, 11) is 3.02. The molecule has 11 heteroatoms. The van der Waals surface area contributed by atoms with E-state index in [0.29, 0.717) is 35.1 Å². The first-order valence-electron chi connectivity index (χ1n) is 9.99. The lowest BCUT2D eigenvalue weighted by Crippen LogP contribution is -2.41. The van der Waals surface area contributed by atoms with Gasteiger partial charge in [0.25, 0.3) is 0 Å². The molecule has 1 aliphatic rings. The van der Waals surface area contributed by atoms with E-state index in [1.54, 1.807) is 30.3 Å². The Morgan fingerprint density at radius 1 is 1.24 bits per heavy atom. The Bertz CT molecular complexity index is 1090. The van der Waals surface area contributed by atoms with Crippen molar-refractivity contribution >= 4 is 40.6 Å². The number of carbonyl (C=O) groups excluding carboxylic acids is 2. The summed E-state index contributed by atoms with van der Waals surface area (Å²) in [5, 5.41) is 22.7. The average molecular weight is 473 g/mol. The molecular weight excluding hydrogens is 448 g/mol. The number of thioether (sulfide) groups is 1. The Morgan fingerprint density at radius 3 is 2.79 bits per heavy atom. The largest absolute Gasteiger partial charge is 0.504 e. The smallest absolute Gasteiger partial charge is 0.238 e. The van der Waals surface area contributed by atoms with Crippen LogP contribution in [0, 0.1) is 0 Å². The first-order valence-corrected chi connectivity index (χ1v) is 10.9. The molecule has 1 fully saturated rings. The molecule has 33 heavy (non-hydrogen) atoms. The van der Waals surface area contributed by atoms with Gasteiger partial charge in [-0.05, 0) is 42.8 Å². The zero-order valence-electron chi connectivity index (χ0n) is 18.3. The van der Waals surface area contributed by atoms with E-state index in [1.807, 2.05) is 6.92 Å². The molecule has 0 spiro atoms. The second kappa shape index (κ2) is 11.2. The number of amidine groups is 1. The molecule has 10 nitrogen and oxygen atoms in total. The number of ether oxygens (including phenoxy) is 3. The molecule has 3 rings (SSSR count). The molecule has 0 unspecified atom stereocenters. The number of hydrogen-bond donors (Lipinski definition) is 3. The Kier molecular flexibility index (Phi) is 8.14. The van der Waals surface area contributed by atoms with Crippen LogP contribution in [0.1, 0.15) is 18.9 Å². The summed E-state index contributed by atoms with van der Waals surface area (Å²) < 4.78 is 15.8. The van der Waals surface area contributed by atoms with Crippen molar-refractivity contribution in [2.45, 2.75) is 18.6 Å². The monoisotopic (exact) mass is 472 g/mol. The minimum atomic E-state index is -0.697. The van der Waals surface area contributed by atoms with Crippen molar-refractivity contribution in [3.05, 3.63) is 42.0 Å². The van der Waals surface area contributed by atoms with Gasteiger partial charge in [0.2, 0.25) is 11.8 Å². The lowest BCUT2D eigenvalue weighted by molar-refractivity contribution is -0.123. The van der Waals surface area contributed by atoms with Crippen LogP contribution < -0.4 is 24.8 Å². The van der Waals surface area contributed by atoms with Crippen molar-refractivity contribution in [2.75, 3.05) is 26.1 Å². The van der Waals surface area contributed by atoms with E-state index in [2.05, 4.69) is 20.8 Å². The van der Waals surface area contributed by atoms with Gasteiger partial charge in [0.15, 0.2) is 16.7 Å². The summed E-state index contributed by atoms with van der Waals surface area (Å²) in [4.78, 5) is 24.9. The number of aromatic hydroxyl groups is 1.